The minimum Gasteiger partial charge on any atom is -0.494 e. The van der Waals surface area contributed by atoms with E-state index in [1.54, 1.807) is 72.8 Å². The molecule has 3 rings (SSSR count). The van der Waals surface area contributed by atoms with E-state index in [-0.39, 0.29) is 11.8 Å². The fourth-order valence-corrected chi connectivity index (χ4v) is 2.71. The van der Waals surface area contributed by atoms with Gasteiger partial charge in [-0.05, 0) is 67.6 Å². The van der Waals surface area contributed by atoms with Crippen molar-refractivity contribution in [2.24, 2.45) is 0 Å². The summed E-state index contributed by atoms with van der Waals surface area (Å²) in [5.41, 5.74) is 1.86. The van der Waals surface area contributed by atoms with Crippen LogP contribution in [0, 0.1) is 0 Å². The van der Waals surface area contributed by atoms with E-state index in [1.165, 1.54) is 0 Å². The van der Waals surface area contributed by atoms with E-state index in [0.717, 1.165) is 0 Å². The number of rotatable bonds is 6. The molecule has 5 nitrogen and oxygen atoms in total. The smallest absolute Gasteiger partial charge is 0.257 e. The number of ether oxygens (including phenoxy) is 1. The quantitative estimate of drug-likeness (QED) is 0.600. The molecule has 0 fully saturated rings. The molecule has 0 aliphatic rings. The second-order valence-corrected chi connectivity index (χ2v) is 6.35. The van der Waals surface area contributed by atoms with Crippen LogP contribution in [0.3, 0.4) is 0 Å². The van der Waals surface area contributed by atoms with E-state index in [1.807, 2.05) is 6.92 Å². The SMILES string of the molecule is CCOc1ccc(C(=O)Nc2ccccc2C(=O)Nc2ccc(Cl)cc2)cc1. The van der Waals surface area contributed by atoms with E-state index in [0.29, 0.717) is 39.9 Å². The molecular formula is C22H19ClN2O3. The number of carbonyl (C=O) groups is 2. The van der Waals surface area contributed by atoms with Gasteiger partial charge in [0.05, 0.1) is 17.9 Å². The number of benzene rings is 3. The summed E-state index contributed by atoms with van der Waals surface area (Å²) in [4.78, 5) is 25.2. The Labute approximate surface area is 168 Å². The molecule has 2 N–H and O–H groups in total. The van der Waals surface area contributed by atoms with Crippen LogP contribution in [0.4, 0.5) is 11.4 Å². The lowest BCUT2D eigenvalue weighted by Gasteiger charge is -2.12. The van der Waals surface area contributed by atoms with Gasteiger partial charge in [-0.2, -0.15) is 0 Å². The summed E-state index contributed by atoms with van der Waals surface area (Å²) in [6, 6.07) is 20.5. The predicted molar refractivity (Wildman–Crippen MR) is 111 cm³/mol. The van der Waals surface area contributed by atoms with Crippen molar-refractivity contribution in [1.29, 1.82) is 0 Å². The number of para-hydroxylation sites is 1. The highest BCUT2D eigenvalue weighted by Crippen LogP contribution is 2.20. The Kier molecular flexibility index (Phi) is 6.29. The van der Waals surface area contributed by atoms with Gasteiger partial charge in [0.15, 0.2) is 0 Å². The summed E-state index contributed by atoms with van der Waals surface area (Å²) in [5.74, 6) is 0.0569. The van der Waals surface area contributed by atoms with Gasteiger partial charge in [0.25, 0.3) is 11.8 Å². The van der Waals surface area contributed by atoms with Gasteiger partial charge < -0.3 is 15.4 Å². The first-order valence-electron chi connectivity index (χ1n) is 8.77. The Bertz CT molecular complexity index is 970. The summed E-state index contributed by atoms with van der Waals surface area (Å²) in [7, 11) is 0. The minimum absolute atomic E-state index is 0.310. The van der Waals surface area contributed by atoms with Gasteiger partial charge in [0.2, 0.25) is 0 Å². The van der Waals surface area contributed by atoms with E-state index < -0.39 is 0 Å². The number of hydrogen-bond donors (Lipinski definition) is 2. The number of amides is 2. The molecule has 0 heterocycles. The molecule has 6 heteroatoms. The van der Waals surface area contributed by atoms with Crippen LogP contribution >= 0.6 is 11.6 Å². The molecule has 0 unspecified atom stereocenters. The topological polar surface area (TPSA) is 67.4 Å². The number of anilines is 2. The number of halogens is 1. The molecule has 0 spiro atoms. The summed E-state index contributed by atoms with van der Waals surface area (Å²) in [6.45, 7) is 2.45. The van der Waals surface area contributed by atoms with Gasteiger partial charge in [-0.25, -0.2) is 0 Å². The first kappa shape index (κ1) is 19.5. The molecule has 0 saturated carbocycles. The van der Waals surface area contributed by atoms with E-state index in [9.17, 15) is 9.59 Å². The minimum atomic E-state index is -0.329. The second-order valence-electron chi connectivity index (χ2n) is 5.92. The lowest BCUT2D eigenvalue weighted by molar-refractivity contribution is 0.102. The van der Waals surface area contributed by atoms with Crippen molar-refractivity contribution >= 4 is 34.8 Å². The third-order valence-corrected chi connectivity index (χ3v) is 4.20. The molecule has 3 aromatic rings. The lowest BCUT2D eigenvalue weighted by Crippen LogP contribution is -2.18. The van der Waals surface area contributed by atoms with E-state index in [4.69, 9.17) is 16.3 Å². The Morgan fingerprint density at radius 3 is 2.21 bits per heavy atom. The number of nitrogens with one attached hydrogen (secondary N) is 2. The molecule has 0 saturated heterocycles. The van der Waals surface area contributed by atoms with Crippen molar-refractivity contribution in [2.75, 3.05) is 17.2 Å². The Morgan fingerprint density at radius 1 is 0.857 bits per heavy atom. The zero-order valence-corrected chi connectivity index (χ0v) is 16.0. The van der Waals surface area contributed by atoms with Gasteiger partial charge in [-0.1, -0.05) is 23.7 Å². The van der Waals surface area contributed by atoms with Crippen molar-refractivity contribution in [3.05, 3.63) is 88.9 Å². The molecule has 0 aliphatic heterocycles. The molecule has 0 bridgehead atoms. The average molecular weight is 395 g/mol. The second kappa shape index (κ2) is 9.06. The van der Waals surface area contributed by atoms with E-state index >= 15 is 0 Å². The van der Waals surface area contributed by atoms with Crippen LogP contribution in [0.5, 0.6) is 5.75 Å². The first-order valence-corrected chi connectivity index (χ1v) is 9.15. The third-order valence-electron chi connectivity index (χ3n) is 3.95. The van der Waals surface area contributed by atoms with Crippen molar-refractivity contribution < 1.29 is 14.3 Å². The van der Waals surface area contributed by atoms with Crippen LogP contribution in [0.2, 0.25) is 5.02 Å². The van der Waals surface area contributed by atoms with Crippen molar-refractivity contribution in [3.63, 3.8) is 0 Å². The van der Waals surface area contributed by atoms with Crippen LogP contribution in [-0.2, 0) is 0 Å². The maximum atomic E-state index is 12.6. The standard InChI is InChI=1S/C22H19ClN2O3/c1-2-28-18-13-7-15(8-14-18)21(26)25-20-6-4-3-5-19(20)22(27)24-17-11-9-16(23)10-12-17/h3-14H,2H2,1H3,(H,24,27)(H,25,26). The average Bonchev–Trinajstić information content (AvgIpc) is 2.71. The summed E-state index contributed by atoms with van der Waals surface area (Å²) in [5, 5.41) is 6.17. The number of carbonyl (C=O) groups excluding carboxylic acids is 2. The maximum Gasteiger partial charge on any atom is 0.257 e. The van der Waals surface area contributed by atoms with Gasteiger partial charge in [-0.3, -0.25) is 9.59 Å². The predicted octanol–water partition coefficient (Wildman–Crippen LogP) is 5.24. The van der Waals surface area contributed by atoms with Gasteiger partial charge >= 0.3 is 0 Å². The first-order chi connectivity index (χ1) is 13.6. The Hall–Kier alpha value is -3.31. The van der Waals surface area contributed by atoms with Crippen LogP contribution < -0.4 is 15.4 Å². The molecule has 2 amide bonds. The Morgan fingerprint density at radius 2 is 1.54 bits per heavy atom. The molecular weight excluding hydrogens is 376 g/mol. The number of hydrogen-bond acceptors (Lipinski definition) is 3. The third kappa shape index (κ3) is 4.90. The van der Waals surface area contributed by atoms with Crippen LogP contribution in [-0.4, -0.2) is 18.4 Å². The highest BCUT2D eigenvalue weighted by Gasteiger charge is 2.14. The van der Waals surface area contributed by atoms with Crippen LogP contribution in [0.25, 0.3) is 0 Å². The zero-order chi connectivity index (χ0) is 19.9. The van der Waals surface area contributed by atoms with Crippen LogP contribution in [0.1, 0.15) is 27.6 Å². The van der Waals surface area contributed by atoms with Gasteiger partial charge in [0.1, 0.15) is 5.75 Å². The summed E-state index contributed by atoms with van der Waals surface area (Å²) >= 11 is 5.87. The monoisotopic (exact) mass is 394 g/mol. The molecule has 0 aromatic heterocycles. The van der Waals surface area contributed by atoms with E-state index in [2.05, 4.69) is 10.6 Å². The Balaban J connectivity index is 1.75. The maximum absolute atomic E-state index is 12.6. The van der Waals surface area contributed by atoms with Gasteiger partial charge in [-0.15, -0.1) is 0 Å². The highest BCUT2D eigenvalue weighted by molar-refractivity contribution is 6.30. The normalized spacial score (nSPS) is 10.2. The molecule has 28 heavy (non-hydrogen) atoms. The van der Waals surface area contributed by atoms with Crippen LogP contribution in [0.15, 0.2) is 72.8 Å². The largest absolute Gasteiger partial charge is 0.494 e. The fourth-order valence-electron chi connectivity index (χ4n) is 2.59. The molecule has 0 aliphatic carbocycles. The van der Waals surface area contributed by atoms with Crippen molar-refractivity contribution in [2.45, 2.75) is 6.92 Å². The van der Waals surface area contributed by atoms with Gasteiger partial charge in [0, 0.05) is 16.3 Å². The van der Waals surface area contributed by atoms with Crippen molar-refractivity contribution in [3.8, 4) is 5.75 Å². The fraction of sp³-hybridized carbons (Fsp3) is 0.0909. The lowest BCUT2D eigenvalue weighted by atomic mass is 10.1. The summed E-state index contributed by atoms with van der Waals surface area (Å²) < 4.78 is 5.38. The highest BCUT2D eigenvalue weighted by atomic mass is 35.5. The van der Waals surface area contributed by atoms with Crippen molar-refractivity contribution in [1.82, 2.24) is 0 Å². The molecule has 142 valence electrons. The molecule has 0 atom stereocenters. The molecule has 0 radical (unpaired) electrons. The zero-order valence-electron chi connectivity index (χ0n) is 15.2. The molecule has 3 aromatic carbocycles. The summed E-state index contributed by atoms with van der Waals surface area (Å²) in [6.07, 6.45) is 0.